The van der Waals surface area contributed by atoms with Crippen LogP contribution >= 0.6 is 24.1 Å². The number of carbonyl (C=O) groups excluding carboxylic acids is 1. The monoisotopic (exact) mass is 1020 g/mol. The van der Waals surface area contributed by atoms with E-state index in [4.69, 9.17) is 9.47 Å². The summed E-state index contributed by atoms with van der Waals surface area (Å²) in [5, 5.41) is 50.4. The first-order valence-corrected chi connectivity index (χ1v) is 21.4. The fraction of sp³-hybridized carbons (Fsp3) is 0.108. The number of nitrogens with one attached hydrogen (secondary N) is 2. The Morgan fingerprint density at radius 1 is 0.561 bits per heavy atom. The van der Waals surface area contributed by atoms with Gasteiger partial charge in [-0.05, 0) is 102 Å². The zero-order valence-electron chi connectivity index (χ0n) is 36.1. The predicted octanol–water partition coefficient (Wildman–Crippen LogP) is -4.61. The molecule has 0 heterocycles. The van der Waals surface area contributed by atoms with Crippen molar-refractivity contribution in [3.05, 3.63) is 96.1 Å². The molecule has 0 aliphatic carbocycles. The summed E-state index contributed by atoms with van der Waals surface area (Å²) in [5.41, 5.74) is 2.85. The number of hydrogen-bond donors (Lipinski definition) is 2. The van der Waals surface area contributed by atoms with Crippen LogP contribution in [0.5, 0.6) is 11.5 Å². The Morgan fingerprint density at radius 3 is 1.45 bits per heavy atom. The Bertz CT molecular complexity index is 3010. The molecule has 6 rings (SSSR count). The summed E-state index contributed by atoms with van der Waals surface area (Å²) < 4.78 is 91.5. The minimum Gasteiger partial charge on any atom is -0.744 e. The summed E-state index contributed by atoms with van der Waals surface area (Å²) in [6.45, 7) is 3.42. The Labute approximate surface area is 474 Å². The van der Waals surface area contributed by atoms with Gasteiger partial charge in [-0.15, -0.1) is 0 Å². The first-order chi connectivity index (χ1) is 29.5. The summed E-state index contributed by atoms with van der Waals surface area (Å²) in [6, 6.07) is 19.3. The SMILES string of the molecule is COc1cc(N=Nc2ccc3c(S(=O)(=O)[O-])cc(SOO[O-])cc3c2)c(C)cc1NC(=O)Nc1cc(C)c(N=Nc2ccc3cc(SOO[O-])cc(S(=O)(=O)[O-])c3c2)cc1OC.[Na+].[Na+].[Na+].[Na+]. The Kier molecular flexibility index (Phi) is 24.6. The maximum absolute atomic E-state index is 13.3. The van der Waals surface area contributed by atoms with Crippen LogP contribution in [-0.2, 0) is 39.0 Å². The van der Waals surface area contributed by atoms with Crippen molar-refractivity contribution in [2.75, 3.05) is 24.9 Å². The normalized spacial score (nSPS) is 11.4. The number of azo groups is 2. The van der Waals surface area contributed by atoms with Gasteiger partial charge in [0.2, 0.25) is 0 Å². The second kappa shape index (κ2) is 27.0. The second-order valence-corrected chi connectivity index (χ2v) is 16.9. The molecule has 0 radical (unpaired) electrons. The van der Waals surface area contributed by atoms with E-state index in [-0.39, 0.29) is 178 Å². The van der Waals surface area contributed by atoms with Gasteiger partial charge in [0.25, 0.3) is 0 Å². The molecule has 6 aromatic carbocycles. The van der Waals surface area contributed by atoms with Gasteiger partial charge in [-0.2, -0.15) is 29.1 Å². The standard InChI is InChI=1S/C37H32N6O15S4.4Na/c1-19-9-31(33(53-3)17-29(19)42-40-23-7-8-27-22(11-23)13-26(60-58-56-46)15-35(27)61(47,48)49)38-37(44)39-32-10-20(2)30(18-34(32)54-4)43-41-24-6-5-21-12-25(59-57-55-45)16-36(28(21)14-24)62(50,51)52;;;;/h5-18,45-46H,1-4H3,(H2,38,39,44)(H,47,48,49)(H,50,51,52);;;;/q;4*+1/p-4. The molecule has 324 valence electrons. The molecular formula is C37H28N6Na4O15S4. The van der Waals surface area contributed by atoms with Crippen LogP contribution in [0.25, 0.3) is 21.5 Å². The number of carbonyl (C=O) groups is 1. The fourth-order valence-electron chi connectivity index (χ4n) is 5.92. The van der Waals surface area contributed by atoms with Gasteiger partial charge in [0.05, 0.1) is 82.2 Å². The van der Waals surface area contributed by atoms with E-state index in [2.05, 4.69) is 49.8 Å². The van der Waals surface area contributed by atoms with E-state index in [1.807, 2.05) is 0 Å². The molecule has 0 unspecified atom stereocenters. The number of hydrogen-bond acceptors (Lipinski definition) is 21. The molecule has 0 atom stereocenters. The minimum absolute atomic E-state index is 0. The summed E-state index contributed by atoms with van der Waals surface area (Å²) in [5.74, 6) is 0.436. The molecule has 0 bridgehead atoms. The quantitative estimate of drug-likeness (QED) is 0.0230. The first-order valence-electron chi connectivity index (χ1n) is 17.1. The van der Waals surface area contributed by atoms with Crippen molar-refractivity contribution in [1.82, 2.24) is 0 Å². The molecule has 0 aliphatic rings. The predicted molar refractivity (Wildman–Crippen MR) is 216 cm³/mol. The van der Waals surface area contributed by atoms with Crippen molar-refractivity contribution < 1.29 is 188 Å². The maximum atomic E-state index is 13.3. The van der Waals surface area contributed by atoms with E-state index in [9.17, 15) is 41.3 Å². The average Bonchev–Trinajstić information content (AvgIpc) is 3.22. The van der Waals surface area contributed by atoms with Gasteiger partial charge >= 0.3 is 124 Å². The van der Waals surface area contributed by atoms with Gasteiger partial charge in [0, 0.05) is 27.3 Å². The zero-order chi connectivity index (χ0) is 44.8. The third kappa shape index (κ3) is 15.6. The molecular weight excluding hydrogens is 989 g/mol. The number of amides is 2. The molecule has 0 aromatic heterocycles. The average molecular weight is 1020 g/mol. The number of methoxy groups -OCH3 is 2. The van der Waals surface area contributed by atoms with E-state index < -0.39 is 36.1 Å². The van der Waals surface area contributed by atoms with Crippen LogP contribution in [0.4, 0.5) is 38.9 Å². The van der Waals surface area contributed by atoms with E-state index in [1.165, 1.54) is 74.9 Å². The van der Waals surface area contributed by atoms with Crippen molar-refractivity contribution in [2.45, 2.75) is 33.4 Å². The third-order valence-corrected chi connectivity index (χ3v) is 11.5. The number of aryl methyl sites for hydroxylation is 2. The molecule has 21 nitrogen and oxygen atoms in total. The minimum atomic E-state index is -4.96. The molecule has 0 saturated heterocycles. The van der Waals surface area contributed by atoms with Crippen molar-refractivity contribution in [1.29, 1.82) is 0 Å². The van der Waals surface area contributed by atoms with E-state index in [1.54, 1.807) is 26.0 Å². The summed E-state index contributed by atoms with van der Waals surface area (Å²) in [7, 11) is -7.09. The van der Waals surface area contributed by atoms with Gasteiger partial charge in [-0.1, -0.05) is 12.1 Å². The molecule has 0 spiro atoms. The number of urea groups is 1. The van der Waals surface area contributed by atoms with Crippen LogP contribution in [0.2, 0.25) is 0 Å². The summed E-state index contributed by atoms with van der Waals surface area (Å²) in [4.78, 5) is 12.4. The largest absolute Gasteiger partial charge is 1.00 e. The maximum Gasteiger partial charge on any atom is 1.00 e. The zero-order valence-corrected chi connectivity index (χ0v) is 47.4. The molecule has 0 fully saturated rings. The van der Waals surface area contributed by atoms with Gasteiger partial charge < -0.3 is 39.7 Å². The van der Waals surface area contributed by atoms with Crippen LogP contribution in [0, 0.1) is 13.8 Å². The molecule has 29 heteroatoms. The topological polar surface area (TPSA) is 306 Å². The smallest absolute Gasteiger partial charge is 0.744 e. The van der Waals surface area contributed by atoms with Crippen molar-refractivity contribution in [3.8, 4) is 11.5 Å². The van der Waals surface area contributed by atoms with Crippen LogP contribution in [0.3, 0.4) is 0 Å². The fourth-order valence-corrected chi connectivity index (χ4v) is 8.41. The summed E-state index contributed by atoms with van der Waals surface area (Å²) in [6.07, 6.45) is 0. The van der Waals surface area contributed by atoms with Crippen molar-refractivity contribution in [2.24, 2.45) is 20.5 Å². The number of anilines is 2. The molecule has 6 aromatic rings. The first kappa shape index (κ1) is 60.3. The Hall–Kier alpha value is -1.81. The molecule has 66 heavy (non-hydrogen) atoms. The Balaban J connectivity index is 0.00000374. The third-order valence-electron chi connectivity index (χ3n) is 8.68. The van der Waals surface area contributed by atoms with Crippen LogP contribution in [0.15, 0.2) is 125 Å². The summed E-state index contributed by atoms with van der Waals surface area (Å²) >= 11 is 0.846. The van der Waals surface area contributed by atoms with E-state index in [0.29, 0.717) is 52.0 Å². The number of fused-ring (bicyclic) bond motifs is 2. The number of benzene rings is 6. The Morgan fingerprint density at radius 2 is 1.00 bits per heavy atom. The number of rotatable bonds is 16. The molecule has 0 aliphatic heterocycles. The van der Waals surface area contributed by atoms with Crippen molar-refractivity contribution in [3.63, 3.8) is 0 Å². The van der Waals surface area contributed by atoms with Crippen molar-refractivity contribution >= 4 is 106 Å². The van der Waals surface area contributed by atoms with Crippen LogP contribution in [-0.4, -0.2) is 46.2 Å². The van der Waals surface area contributed by atoms with Gasteiger partial charge in [0.15, 0.2) is 0 Å². The van der Waals surface area contributed by atoms with Crippen LogP contribution in [0.1, 0.15) is 11.1 Å². The van der Waals surface area contributed by atoms with E-state index >= 15 is 0 Å². The van der Waals surface area contributed by atoms with Gasteiger partial charge in [0.1, 0.15) is 31.7 Å². The molecule has 2 amide bonds. The number of nitrogens with zero attached hydrogens (tertiary/aromatic N) is 4. The molecule has 2 N–H and O–H groups in total. The van der Waals surface area contributed by atoms with E-state index in [0.717, 1.165) is 12.1 Å². The molecule has 0 saturated carbocycles. The van der Waals surface area contributed by atoms with Crippen LogP contribution < -0.4 is 149 Å². The number of ether oxygens (including phenoxy) is 2. The van der Waals surface area contributed by atoms with Gasteiger partial charge in [-0.25, -0.2) is 21.6 Å². The van der Waals surface area contributed by atoms with Gasteiger partial charge in [-0.3, -0.25) is 10.1 Å². The second-order valence-electron chi connectivity index (χ2n) is 12.7.